The van der Waals surface area contributed by atoms with Crippen LogP contribution in [0.2, 0.25) is 0 Å². The molecule has 2 aromatic carbocycles. The Hall–Kier alpha value is -2.88. The summed E-state index contributed by atoms with van der Waals surface area (Å²) in [5, 5.41) is 1.07. The predicted molar refractivity (Wildman–Crippen MR) is 114 cm³/mol. The second kappa shape index (κ2) is 8.42. The molecule has 4 nitrogen and oxygen atoms in total. The van der Waals surface area contributed by atoms with E-state index >= 15 is 0 Å². The molecule has 28 heavy (non-hydrogen) atoms. The zero-order valence-corrected chi connectivity index (χ0v) is 16.5. The highest BCUT2D eigenvalue weighted by Gasteiger charge is 2.14. The number of hydrogen-bond acceptors (Lipinski definition) is 3. The maximum absolute atomic E-state index is 12.8. The molecule has 0 saturated carbocycles. The van der Waals surface area contributed by atoms with E-state index in [0.29, 0.717) is 13.0 Å². The number of carbonyl (C=O) groups is 1. The average Bonchev–Trinajstić information content (AvgIpc) is 2.75. The van der Waals surface area contributed by atoms with Crippen molar-refractivity contribution in [1.29, 1.82) is 0 Å². The Kier molecular flexibility index (Phi) is 5.56. The molecule has 0 radical (unpaired) electrons. The fourth-order valence-electron chi connectivity index (χ4n) is 3.93. The third-order valence-electron chi connectivity index (χ3n) is 5.56. The zero-order chi connectivity index (χ0) is 19.3. The van der Waals surface area contributed by atoms with Gasteiger partial charge in [-0.2, -0.15) is 0 Å². The molecule has 1 saturated heterocycles. The number of nitrogens with zero attached hydrogens (tertiary/aromatic N) is 3. The molecule has 1 amide bonds. The van der Waals surface area contributed by atoms with E-state index in [-0.39, 0.29) is 5.91 Å². The second-order valence-corrected chi connectivity index (χ2v) is 7.63. The summed E-state index contributed by atoms with van der Waals surface area (Å²) < 4.78 is 0. The van der Waals surface area contributed by atoms with Crippen LogP contribution in [0.15, 0.2) is 60.8 Å². The van der Waals surface area contributed by atoms with Crippen molar-refractivity contribution in [2.24, 2.45) is 0 Å². The largest absolute Gasteiger partial charge is 0.372 e. The molecule has 3 aromatic rings. The fourth-order valence-corrected chi connectivity index (χ4v) is 3.93. The molecular formula is C24H27N3O. The fraction of sp³-hybridized carbons (Fsp3) is 0.333. The SMILES string of the molecule is CN(Cc1ccc(N2CCCCC2)cc1)C(=O)Cc1cccc2cccnc12. The molecule has 0 atom stereocenters. The van der Waals surface area contributed by atoms with Crippen LogP contribution in [0, 0.1) is 0 Å². The van der Waals surface area contributed by atoms with Crippen molar-refractivity contribution < 1.29 is 4.79 Å². The highest BCUT2D eigenvalue weighted by atomic mass is 16.2. The number of aromatic nitrogens is 1. The lowest BCUT2D eigenvalue weighted by atomic mass is 10.1. The smallest absolute Gasteiger partial charge is 0.227 e. The van der Waals surface area contributed by atoms with Crippen LogP contribution < -0.4 is 4.90 Å². The van der Waals surface area contributed by atoms with Gasteiger partial charge in [-0.25, -0.2) is 0 Å². The molecule has 1 fully saturated rings. The van der Waals surface area contributed by atoms with Crippen molar-refractivity contribution in [3.8, 4) is 0 Å². The van der Waals surface area contributed by atoms with Crippen molar-refractivity contribution in [2.45, 2.75) is 32.2 Å². The van der Waals surface area contributed by atoms with E-state index in [9.17, 15) is 4.79 Å². The van der Waals surface area contributed by atoms with Gasteiger partial charge >= 0.3 is 0 Å². The number of hydrogen-bond donors (Lipinski definition) is 0. The number of likely N-dealkylation sites (N-methyl/N-ethyl adjacent to an activating group) is 1. The first kappa shape index (κ1) is 18.5. The summed E-state index contributed by atoms with van der Waals surface area (Å²) in [6.07, 6.45) is 6.05. The quantitative estimate of drug-likeness (QED) is 0.664. The number of anilines is 1. The van der Waals surface area contributed by atoms with Crippen molar-refractivity contribution in [1.82, 2.24) is 9.88 Å². The minimum atomic E-state index is 0.110. The molecule has 0 bridgehead atoms. The number of amides is 1. The second-order valence-electron chi connectivity index (χ2n) is 7.63. The maximum atomic E-state index is 12.8. The van der Waals surface area contributed by atoms with Crippen LogP contribution >= 0.6 is 0 Å². The number of benzene rings is 2. The van der Waals surface area contributed by atoms with E-state index in [1.165, 1.54) is 24.9 Å². The first-order chi connectivity index (χ1) is 13.7. The highest BCUT2D eigenvalue weighted by molar-refractivity contribution is 5.87. The minimum absolute atomic E-state index is 0.110. The van der Waals surface area contributed by atoms with Crippen LogP contribution in [0.1, 0.15) is 30.4 Å². The molecular weight excluding hydrogens is 346 g/mol. The number of fused-ring (bicyclic) bond motifs is 1. The molecule has 0 spiro atoms. The van der Waals surface area contributed by atoms with Gasteiger partial charge in [0, 0.05) is 44.0 Å². The summed E-state index contributed by atoms with van der Waals surface area (Å²) >= 11 is 0. The summed E-state index contributed by atoms with van der Waals surface area (Å²) in [7, 11) is 1.87. The molecule has 2 heterocycles. The first-order valence-electron chi connectivity index (χ1n) is 10.1. The van der Waals surface area contributed by atoms with Crippen molar-refractivity contribution >= 4 is 22.5 Å². The predicted octanol–water partition coefficient (Wildman–Crippen LogP) is 4.43. The third-order valence-corrected chi connectivity index (χ3v) is 5.56. The number of piperidine rings is 1. The van der Waals surface area contributed by atoms with E-state index in [0.717, 1.165) is 35.1 Å². The van der Waals surface area contributed by atoms with Crippen molar-refractivity contribution in [3.05, 3.63) is 71.9 Å². The lowest BCUT2D eigenvalue weighted by Gasteiger charge is -2.29. The normalized spacial score (nSPS) is 14.2. The minimum Gasteiger partial charge on any atom is -0.372 e. The molecule has 1 aromatic heterocycles. The lowest BCUT2D eigenvalue weighted by molar-refractivity contribution is -0.129. The highest BCUT2D eigenvalue weighted by Crippen LogP contribution is 2.21. The molecule has 1 aliphatic rings. The van der Waals surface area contributed by atoms with Gasteiger partial charge < -0.3 is 9.80 Å². The maximum Gasteiger partial charge on any atom is 0.227 e. The molecule has 4 heteroatoms. The first-order valence-corrected chi connectivity index (χ1v) is 10.1. The number of pyridine rings is 1. The lowest BCUT2D eigenvalue weighted by Crippen LogP contribution is -2.29. The van der Waals surface area contributed by atoms with E-state index in [4.69, 9.17) is 0 Å². The van der Waals surface area contributed by atoms with Gasteiger partial charge in [-0.3, -0.25) is 9.78 Å². The van der Waals surface area contributed by atoms with E-state index in [2.05, 4.69) is 34.1 Å². The average molecular weight is 374 g/mol. The molecule has 144 valence electrons. The summed E-state index contributed by atoms with van der Waals surface area (Å²) in [6, 6.07) is 18.6. The van der Waals surface area contributed by atoms with Crippen molar-refractivity contribution in [2.75, 3.05) is 25.0 Å². The Morgan fingerprint density at radius 1 is 1.00 bits per heavy atom. The van der Waals surface area contributed by atoms with Crippen LogP contribution in [0.5, 0.6) is 0 Å². The summed E-state index contributed by atoms with van der Waals surface area (Å²) in [5.41, 5.74) is 4.35. The van der Waals surface area contributed by atoms with Gasteiger partial charge in [-0.1, -0.05) is 36.4 Å². The topological polar surface area (TPSA) is 36.4 Å². The molecule has 0 aliphatic carbocycles. The van der Waals surface area contributed by atoms with Gasteiger partial charge in [-0.05, 0) is 48.6 Å². The van der Waals surface area contributed by atoms with Gasteiger partial charge in [0.15, 0.2) is 0 Å². The van der Waals surface area contributed by atoms with Crippen LogP contribution in [0.25, 0.3) is 10.9 Å². The zero-order valence-electron chi connectivity index (χ0n) is 16.5. The van der Waals surface area contributed by atoms with Gasteiger partial charge in [0.25, 0.3) is 0 Å². The van der Waals surface area contributed by atoms with Crippen LogP contribution in [-0.2, 0) is 17.8 Å². The van der Waals surface area contributed by atoms with Gasteiger partial charge in [-0.15, -0.1) is 0 Å². The van der Waals surface area contributed by atoms with E-state index in [1.54, 1.807) is 11.1 Å². The van der Waals surface area contributed by atoms with Crippen LogP contribution in [-0.4, -0.2) is 35.9 Å². The third kappa shape index (κ3) is 4.16. The number of carbonyl (C=O) groups excluding carboxylic acids is 1. The number of para-hydroxylation sites is 1. The Bertz CT molecular complexity index is 940. The van der Waals surface area contributed by atoms with Crippen LogP contribution in [0.4, 0.5) is 5.69 Å². The molecule has 0 unspecified atom stereocenters. The Morgan fingerprint density at radius 2 is 1.75 bits per heavy atom. The molecule has 4 rings (SSSR count). The van der Waals surface area contributed by atoms with E-state index < -0.39 is 0 Å². The summed E-state index contributed by atoms with van der Waals surface area (Å²) in [6.45, 7) is 2.92. The summed E-state index contributed by atoms with van der Waals surface area (Å²) in [4.78, 5) is 21.5. The summed E-state index contributed by atoms with van der Waals surface area (Å²) in [5.74, 6) is 0.110. The molecule has 1 aliphatic heterocycles. The van der Waals surface area contributed by atoms with Gasteiger partial charge in [0.1, 0.15) is 0 Å². The van der Waals surface area contributed by atoms with Crippen LogP contribution in [0.3, 0.4) is 0 Å². The Balaban J connectivity index is 1.40. The Morgan fingerprint density at radius 3 is 2.54 bits per heavy atom. The van der Waals surface area contributed by atoms with Gasteiger partial charge in [0.05, 0.1) is 11.9 Å². The number of rotatable bonds is 5. The van der Waals surface area contributed by atoms with Crippen molar-refractivity contribution in [3.63, 3.8) is 0 Å². The van der Waals surface area contributed by atoms with Gasteiger partial charge in [0.2, 0.25) is 5.91 Å². The van der Waals surface area contributed by atoms with E-state index in [1.807, 2.05) is 37.4 Å². The Labute approximate surface area is 166 Å². The molecule has 0 N–H and O–H groups in total. The monoisotopic (exact) mass is 373 g/mol. The standard InChI is InChI=1S/C24H27N3O/c1-26(18-19-10-12-22(13-11-19)27-15-3-2-4-16-27)23(28)17-21-8-5-7-20-9-6-14-25-24(20)21/h5-14H,2-4,15-18H2,1H3.